The van der Waals surface area contributed by atoms with Gasteiger partial charge in [-0.2, -0.15) is 10.2 Å². The average molecular weight is 384 g/mol. The van der Waals surface area contributed by atoms with E-state index in [-0.39, 0.29) is 5.91 Å². The molecule has 0 aliphatic heterocycles. The van der Waals surface area contributed by atoms with Crippen molar-refractivity contribution in [3.05, 3.63) is 84.1 Å². The Labute approximate surface area is 168 Å². The fourth-order valence-electron chi connectivity index (χ4n) is 3.07. The number of fused-ring (bicyclic) bond motifs is 1. The van der Waals surface area contributed by atoms with E-state index in [1.165, 1.54) is 0 Å². The Hall–Kier alpha value is -3.93. The van der Waals surface area contributed by atoms with E-state index < -0.39 is 0 Å². The average Bonchev–Trinajstić information content (AvgIpc) is 3.25. The second kappa shape index (κ2) is 8.39. The zero-order valence-electron chi connectivity index (χ0n) is 15.9. The molecular weight excluding hydrogens is 364 g/mol. The van der Waals surface area contributed by atoms with E-state index in [9.17, 15) is 4.79 Å². The Bertz CT molecular complexity index is 1160. The van der Waals surface area contributed by atoms with E-state index in [1.807, 2.05) is 61.5 Å². The van der Waals surface area contributed by atoms with Crippen LogP contribution in [0.1, 0.15) is 23.0 Å². The van der Waals surface area contributed by atoms with Crippen molar-refractivity contribution in [1.29, 1.82) is 0 Å². The van der Waals surface area contributed by atoms with Gasteiger partial charge in [-0.15, -0.1) is 0 Å². The number of benzene rings is 3. The molecule has 0 aliphatic carbocycles. The molecule has 29 heavy (non-hydrogen) atoms. The lowest BCUT2D eigenvalue weighted by molar-refractivity contribution is 0.0950. The van der Waals surface area contributed by atoms with Crippen molar-refractivity contribution in [3.8, 4) is 17.0 Å². The van der Waals surface area contributed by atoms with Crippen LogP contribution in [-0.2, 0) is 0 Å². The van der Waals surface area contributed by atoms with E-state index in [4.69, 9.17) is 4.74 Å². The molecule has 0 atom stereocenters. The molecular formula is C23H20N4O2. The highest BCUT2D eigenvalue weighted by atomic mass is 16.5. The van der Waals surface area contributed by atoms with Gasteiger partial charge in [0, 0.05) is 5.56 Å². The van der Waals surface area contributed by atoms with Crippen LogP contribution in [0.25, 0.3) is 22.0 Å². The standard InChI is InChI=1S/C23H20N4O2/c1-2-29-18-12-10-16(11-13-18)15-24-27-23(28)22-14-21(25-26-22)20-9-5-7-17-6-3-4-8-19(17)20/h3-15H,2H2,1H3,(H,25,26)(H,27,28)/b24-15+. The summed E-state index contributed by atoms with van der Waals surface area (Å²) < 4.78 is 5.40. The highest BCUT2D eigenvalue weighted by molar-refractivity contribution is 5.98. The third kappa shape index (κ3) is 4.16. The summed E-state index contributed by atoms with van der Waals surface area (Å²) in [6, 6.07) is 23.3. The quantitative estimate of drug-likeness (QED) is 0.382. The minimum absolute atomic E-state index is 0.344. The lowest BCUT2D eigenvalue weighted by Crippen LogP contribution is -2.17. The molecule has 0 fully saturated rings. The largest absolute Gasteiger partial charge is 0.494 e. The van der Waals surface area contributed by atoms with Crippen LogP contribution in [0.5, 0.6) is 5.75 Å². The number of aromatic nitrogens is 2. The van der Waals surface area contributed by atoms with Crippen LogP contribution in [0, 0.1) is 0 Å². The topological polar surface area (TPSA) is 79.4 Å². The van der Waals surface area contributed by atoms with Gasteiger partial charge in [-0.05, 0) is 53.6 Å². The lowest BCUT2D eigenvalue weighted by atomic mass is 10.0. The number of H-pyrrole nitrogens is 1. The van der Waals surface area contributed by atoms with E-state index in [2.05, 4.69) is 32.9 Å². The monoisotopic (exact) mass is 384 g/mol. The molecule has 0 spiro atoms. The highest BCUT2D eigenvalue weighted by Crippen LogP contribution is 2.27. The van der Waals surface area contributed by atoms with Gasteiger partial charge < -0.3 is 4.74 Å². The molecule has 0 radical (unpaired) electrons. The Morgan fingerprint density at radius 1 is 1.10 bits per heavy atom. The predicted octanol–water partition coefficient (Wildman–Crippen LogP) is 4.39. The Balaban J connectivity index is 1.46. The smallest absolute Gasteiger partial charge is 0.289 e. The molecule has 3 aromatic carbocycles. The fraction of sp³-hybridized carbons (Fsp3) is 0.0870. The van der Waals surface area contributed by atoms with E-state index in [0.29, 0.717) is 18.0 Å². The maximum Gasteiger partial charge on any atom is 0.289 e. The summed E-state index contributed by atoms with van der Waals surface area (Å²) in [4.78, 5) is 12.4. The molecule has 2 N–H and O–H groups in total. The Kier molecular flexibility index (Phi) is 5.33. The van der Waals surface area contributed by atoms with Gasteiger partial charge in [-0.1, -0.05) is 42.5 Å². The van der Waals surface area contributed by atoms with E-state index in [1.54, 1.807) is 12.3 Å². The van der Waals surface area contributed by atoms with Gasteiger partial charge in [0.2, 0.25) is 0 Å². The Morgan fingerprint density at radius 3 is 2.72 bits per heavy atom. The van der Waals surface area contributed by atoms with Crippen LogP contribution in [0.4, 0.5) is 0 Å². The second-order valence-electron chi connectivity index (χ2n) is 6.39. The highest BCUT2D eigenvalue weighted by Gasteiger charge is 2.12. The Morgan fingerprint density at radius 2 is 1.90 bits per heavy atom. The van der Waals surface area contributed by atoms with Crippen molar-refractivity contribution in [2.45, 2.75) is 6.92 Å². The molecule has 1 heterocycles. The first-order chi connectivity index (χ1) is 14.2. The van der Waals surface area contributed by atoms with Crippen molar-refractivity contribution in [1.82, 2.24) is 15.6 Å². The summed E-state index contributed by atoms with van der Waals surface area (Å²) in [5.74, 6) is 0.443. The van der Waals surface area contributed by atoms with Crippen LogP contribution < -0.4 is 10.2 Å². The molecule has 6 nitrogen and oxygen atoms in total. The molecule has 4 rings (SSSR count). The first-order valence-electron chi connectivity index (χ1n) is 9.34. The number of aromatic amines is 1. The zero-order valence-corrected chi connectivity index (χ0v) is 15.9. The molecule has 1 amide bonds. The molecule has 144 valence electrons. The third-order valence-electron chi connectivity index (χ3n) is 4.46. The summed E-state index contributed by atoms with van der Waals surface area (Å²) in [6.45, 7) is 2.56. The van der Waals surface area contributed by atoms with Gasteiger partial charge in [-0.3, -0.25) is 9.89 Å². The van der Waals surface area contributed by atoms with Crippen LogP contribution in [-0.4, -0.2) is 28.9 Å². The fourth-order valence-corrected chi connectivity index (χ4v) is 3.07. The van der Waals surface area contributed by atoms with Crippen molar-refractivity contribution in [3.63, 3.8) is 0 Å². The van der Waals surface area contributed by atoms with Crippen LogP contribution in [0.3, 0.4) is 0 Å². The van der Waals surface area contributed by atoms with Gasteiger partial charge in [0.25, 0.3) is 5.91 Å². The first kappa shape index (κ1) is 18.4. The normalized spacial score (nSPS) is 11.1. The van der Waals surface area contributed by atoms with E-state index in [0.717, 1.165) is 27.6 Å². The molecule has 4 aromatic rings. The summed E-state index contributed by atoms with van der Waals surface area (Å²) in [7, 11) is 0. The number of rotatable bonds is 6. The van der Waals surface area contributed by atoms with Crippen molar-refractivity contribution >= 4 is 22.9 Å². The summed E-state index contributed by atoms with van der Waals surface area (Å²) in [6.07, 6.45) is 1.58. The van der Waals surface area contributed by atoms with Crippen LogP contribution >= 0.6 is 0 Å². The molecule has 6 heteroatoms. The molecule has 0 saturated heterocycles. The molecule has 0 bridgehead atoms. The number of nitrogens with one attached hydrogen (secondary N) is 2. The van der Waals surface area contributed by atoms with Gasteiger partial charge in [0.1, 0.15) is 11.4 Å². The molecule has 0 saturated carbocycles. The maximum atomic E-state index is 12.4. The lowest BCUT2D eigenvalue weighted by Gasteiger charge is -2.03. The van der Waals surface area contributed by atoms with Crippen molar-refractivity contribution in [2.75, 3.05) is 6.61 Å². The summed E-state index contributed by atoms with van der Waals surface area (Å²) >= 11 is 0. The van der Waals surface area contributed by atoms with Crippen LogP contribution in [0.15, 0.2) is 77.9 Å². The second-order valence-corrected chi connectivity index (χ2v) is 6.39. The molecule has 1 aromatic heterocycles. The molecule has 0 aliphatic rings. The summed E-state index contributed by atoms with van der Waals surface area (Å²) in [5, 5.41) is 13.3. The number of hydrogen-bond acceptors (Lipinski definition) is 4. The van der Waals surface area contributed by atoms with Gasteiger partial charge >= 0.3 is 0 Å². The van der Waals surface area contributed by atoms with E-state index >= 15 is 0 Å². The van der Waals surface area contributed by atoms with Gasteiger partial charge in [0.15, 0.2) is 0 Å². The van der Waals surface area contributed by atoms with Gasteiger partial charge in [-0.25, -0.2) is 5.43 Å². The van der Waals surface area contributed by atoms with Crippen molar-refractivity contribution < 1.29 is 9.53 Å². The number of nitrogens with zero attached hydrogens (tertiary/aromatic N) is 2. The SMILES string of the molecule is CCOc1ccc(/C=N/NC(=O)c2cc(-c3cccc4ccccc34)n[nH]2)cc1. The number of carbonyl (C=O) groups excluding carboxylic acids is 1. The minimum Gasteiger partial charge on any atom is -0.494 e. The number of hydrogen-bond donors (Lipinski definition) is 2. The molecule has 0 unspecified atom stereocenters. The maximum absolute atomic E-state index is 12.4. The number of ether oxygens (including phenoxy) is 1. The first-order valence-corrected chi connectivity index (χ1v) is 9.34. The third-order valence-corrected chi connectivity index (χ3v) is 4.46. The summed E-state index contributed by atoms with van der Waals surface area (Å²) in [5.41, 5.74) is 5.40. The van der Waals surface area contributed by atoms with Crippen LogP contribution in [0.2, 0.25) is 0 Å². The number of carbonyl (C=O) groups is 1. The minimum atomic E-state index is -0.355. The predicted molar refractivity (Wildman–Crippen MR) is 114 cm³/mol. The number of amides is 1. The van der Waals surface area contributed by atoms with Gasteiger partial charge in [0.05, 0.1) is 18.5 Å². The van der Waals surface area contributed by atoms with Crippen molar-refractivity contribution in [2.24, 2.45) is 5.10 Å². The zero-order chi connectivity index (χ0) is 20.1. The number of hydrazone groups is 1.